The van der Waals surface area contributed by atoms with Crippen LogP contribution in [0.3, 0.4) is 0 Å². The number of carbonyl (C=O) groups excluding carboxylic acids is 1. The summed E-state index contributed by atoms with van der Waals surface area (Å²) in [5.41, 5.74) is 7.77. The minimum absolute atomic E-state index is 0.0282. The Labute approximate surface area is 268 Å². The number of benzene rings is 2. The third-order valence-corrected chi connectivity index (χ3v) is 7.57. The van der Waals surface area contributed by atoms with E-state index in [-0.39, 0.29) is 45.7 Å². The van der Waals surface area contributed by atoms with E-state index < -0.39 is 11.6 Å². The van der Waals surface area contributed by atoms with Crippen LogP contribution in [0.15, 0.2) is 72.5 Å². The van der Waals surface area contributed by atoms with Crippen molar-refractivity contribution in [2.75, 3.05) is 30.8 Å². The number of hydrogen-bond acceptors (Lipinski definition) is 10. The van der Waals surface area contributed by atoms with Crippen LogP contribution in [0.25, 0.3) is 10.9 Å². The summed E-state index contributed by atoms with van der Waals surface area (Å²) >= 11 is 6.42. The molecule has 14 heteroatoms. The average Bonchev–Trinajstić information content (AvgIpc) is 3.05. The zero-order valence-electron chi connectivity index (χ0n) is 25.1. The molecule has 0 atom stereocenters. The van der Waals surface area contributed by atoms with Gasteiger partial charge in [-0.15, -0.1) is 0 Å². The van der Waals surface area contributed by atoms with Gasteiger partial charge in [-0.2, -0.15) is 0 Å². The summed E-state index contributed by atoms with van der Waals surface area (Å²) in [7, 11) is 1.57. The maximum atomic E-state index is 15.3. The number of aliphatic imine (C=N–C) groups is 1. The number of rotatable bonds is 10. The number of fused-ring (bicyclic) bond motifs is 1. The molecule has 4 aromatic rings. The third-order valence-electron chi connectivity index (χ3n) is 7.27. The lowest BCUT2D eigenvalue weighted by Gasteiger charge is -2.32. The molecule has 238 valence electrons. The summed E-state index contributed by atoms with van der Waals surface area (Å²) in [6.45, 7) is 6.32. The molecule has 2 aromatic heterocycles. The van der Waals surface area contributed by atoms with Gasteiger partial charge in [0.05, 0.1) is 46.6 Å². The molecular weight excluding hydrogens is 618 g/mol. The van der Waals surface area contributed by atoms with E-state index in [4.69, 9.17) is 26.8 Å². The number of allylic oxidation sites excluding steroid dienone is 1. The van der Waals surface area contributed by atoms with Crippen LogP contribution >= 0.6 is 11.6 Å². The molecule has 1 fully saturated rings. The van der Waals surface area contributed by atoms with Crippen molar-refractivity contribution >= 4 is 57.5 Å². The minimum atomic E-state index is -0.679. The van der Waals surface area contributed by atoms with Crippen molar-refractivity contribution in [1.29, 1.82) is 0 Å². The summed E-state index contributed by atoms with van der Waals surface area (Å²) in [6, 6.07) is 7.37. The molecule has 0 aliphatic carbocycles. The predicted octanol–water partition coefficient (Wildman–Crippen LogP) is 6.19. The SMILES string of the molecule is C=CC(=O)N1CCC(Nc2cc3c(Nc4cc(Cl)c(O/C(N)=C/C=Nc5cnc(C)c(F)c5)cc4F)ncnc3cc2OC)CC1. The summed E-state index contributed by atoms with van der Waals surface area (Å²) in [6.07, 6.45) is 8.19. The van der Waals surface area contributed by atoms with E-state index in [1.807, 2.05) is 6.07 Å². The highest BCUT2D eigenvalue weighted by Crippen LogP contribution is 2.36. The van der Waals surface area contributed by atoms with E-state index >= 15 is 4.39 Å². The van der Waals surface area contributed by atoms with Crippen LogP contribution in [-0.2, 0) is 4.79 Å². The zero-order valence-corrected chi connectivity index (χ0v) is 25.8. The fourth-order valence-electron chi connectivity index (χ4n) is 4.81. The lowest BCUT2D eigenvalue weighted by atomic mass is 10.0. The molecular formula is C32H31ClF2N8O3. The van der Waals surface area contributed by atoms with E-state index in [1.165, 1.54) is 43.0 Å². The van der Waals surface area contributed by atoms with E-state index in [9.17, 15) is 9.18 Å². The Kier molecular flexibility index (Phi) is 9.91. The number of piperidine rings is 1. The molecule has 1 aliphatic rings. The van der Waals surface area contributed by atoms with Crippen molar-refractivity contribution in [1.82, 2.24) is 19.9 Å². The van der Waals surface area contributed by atoms with Gasteiger partial charge in [0.2, 0.25) is 5.91 Å². The van der Waals surface area contributed by atoms with E-state index in [0.717, 1.165) is 18.9 Å². The number of amides is 1. The summed E-state index contributed by atoms with van der Waals surface area (Å²) in [5, 5.41) is 7.19. The highest BCUT2D eigenvalue weighted by Gasteiger charge is 2.23. The fraction of sp³-hybridized carbons (Fsp3) is 0.219. The Bertz CT molecular complexity index is 1840. The maximum Gasteiger partial charge on any atom is 0.245 e. The molecule has 1 amide bonds. The van der Waals surface area contributed by atoms with Crippen molar-refractivity contribution in [2.24, 2.45) is 10.7 Å². The maximum absolute atomic E-state index is 15.3. The first-order valence-electron chi connectivity index (χ1n) is 14.2. The van der Waals surface area contributed by atoms with Crippen LogP contribution in [-0.4, -0.2) is 58.2 Å². The number of nitrogens with zero attached hydrogens (tertiary/aromatic N) is 5. The van der Waals surface area contributed by atoms with Gasteiger partial charge in [-0.3, -0.25) is 14.8 Å². The number of aryl methyl sites for hydroxylation is 1. The van der Waals surface area contributed by atoms with Crippen molar-refractivity contribution in [3.63, 3.8) is 0 Å². The van der Waals surface area contributed by atoms with Gasteiger partial charge in [0, 0.05) is 55.0 Å². The largest absolute Gasteiger partial charge is 0.495 e. The Morgan fingerprint density at radius 1 is 1.11 bits per heavy atom. The molecule has 3 heterocycles. The van der Waals surface area contributed by atoms with Gasteiger partial charge in [-0.1, -0.05) is 18.2 Å². The van der Waals surface area contributed by atoms with Crippen LogP contribution < -0.4 is 25.8 Å². The second-order valence-electron chi connectivity index (χ2n) is 10.3. The molecule has 1 aliphatic heterocycles. The van der Waals surface area contributed by atoms with Gasteiger partial charge in [-0.25, -0.2) is 18.7 Å². The molecule has 5 rings (SSSR count). The summed E-state index contributed by atoms with van der Waals surface area (Å²) < 4.78 is 40.1. The number of anilines is 3. The number of methoxy groups -OCH3 is 1. The van der Waals surface area contributed by atoms with E-state index in [2.05, 4.69) is 37.2 Å². The van der Waals surface area contributed by atoms with Gasteiger partial charge in [0.15, 0.2) is 11.6 Å². The number of pyridine rings is 1. The second kappa shape index (κ2) is 14.2. The standard InChI is InChI=1S/C32H31ClF2N8O3/c1-4-31(44)43-9-6-19(7-10-43)41-27-12-21-25(15-29(27)45-3)39-17-40-32(21)42-26-13-22(33)28(14-24(26)35)46-30(36)5-8-37-20-11-23(34)18(2)38-16-20/h4-5,8,11-17,19,41H,1,6-7,9-10,36H2,2-3H3,(H,39,40,42)/b30-5+,37-8?. The third kappa shape index (κ3) is 7.49. The number of halogens is 3. The molecule has 0 spiro atoms. The normalized spacial score (nSPS) is 14.0. The number of ether oxygens (including phenoxy) is 2. The Morgan fingerprint density at radius 2 is 1.89 bits per heavy atom. The molecule has 0 radical (unpaired) electrons. The van der Waals surface area contributed by atoms with Gasteiger partial charge in [0.1, 0.15) is 29.5 Å². The molecule has 0 unspecified atom stereocenters. The molecule has 4 N–H and O–H groups in total. The molecule has 46 heavy (non-hydrogen) atoms. The topological polar surface area (TPSA) is 140 Å². The molecule has 2 aromatic carbocycles. The monoisotopic (exact) mass is 648 g/mol. The quantitative estimate of drug-likeness (QED) is 0.104. The van der Waals surface area contributed by atoms with E-state index in [0.29, 0.717) is 41.2 Å². The second-order valence-corrected chi connectivity index (χ2v) is 10.7. The minimum Gasteiger partial charge on any atom is -0.495 e. The first-order valence-corrected chi connectivity index (χ1v) is 14.6. The fourth-order valence-corrected chi connectivity index (χ4v) is 5.02. The van der Waals surface area contributed by atoms with Crippen LogP contribution in [0.2, 0.25) is 5.02 Å². The number of aromatic nitrogens is 3. The summed E-state index contributed by atoms with van der Waals surface area (Å²) in [4.78, 5) is 30.4. The van der Waals surface area contributed by atoms with Gasteiger partial charge < -0.3 is 30.7 Å². The smallest absolute Gasteiger partial charge is 0.245 e. The molecule has 0 saturated carbocycles. The van der Waals surface area contributed by atoms with Crippen LogP contribution in [0.1, 0.15) is 18.5 Å². The molecule has 11 nitrogen and oxygen atoms in total. The molecule has 1 saturated heterocycles. The van der Waals surface area contributed by atoms with E-state index in [1.54, 1.807) is 25.0 Å². The lowest BCUT2D eigenvalue weighted by Crippen LogP contribution is -2.41. The van der Waals surface area contributed by atoms with Crippen molar-refractivity contribution in [3.8, 4) is 11.5 Å². The molecule has 0 bridgehead atoms. The van der Waals surface area contributed by atoms with Crippen LogP contribution in [0.5, 0.6) is 11.5 Å². The number of hydrogen-bond donors (Lipinski definition) is 3. The summed E-state index contributed by atoms with van der Waals surface area (Å²) in [5.74, 6) is -0.483. The first-order chi connectivity index (χ1) is 22.1. The highest BCUT2D eigenvalue weighted by atomic mass is 35.5. The van der Waals surface area contributed by atoms with Crippen LogP contribution in [0.4, 0.5) is 31.7 Å². The number of likely N-dealkylation sites (tertiary alicyclic amines) is 1. The Morgan fingerprint density at radius 3 is 2.61 bits per heavy atom. The van der Waals surface area contributed by atoms with Crippen molar-refractivity contribution in [2.45, 2.75) is 25.8 Å². The Balaban J connectivity index is 1.32. The average molecular weight is 649 g/mol. The number of nitrogens with two attached hydrogens (primary N) is 1. The number of carbonyl (C=O) groups is 1. The van der Waals surface area contributed by atoms with Crippen molar-refractivity contribution in [3.05, 3.63) is 89.8 Å². The first kappa shape index (κ1) is 32.1. The Hall–Kier alpha value is -5.30. The van der Waals surface area contributed by atoms with Gasteiger partial charge in [-0.05, 0) is 38.0 Å². The zero-order chi connectivity index (χ0) is 32.8. The van der Waals surface area contributed by atoms with Gasteiger partial charge in [0.25, 0.3) is 0 Å². The number of nitrogens with one attached hydrogen (secondary N) is 2. The van der Waals surface area contributed by atoms with Crippen molar-refractivity contribution < 1.29 is 23.0 Å². The highest BCUT2D eigenvalue weighted by molar-refractivity contribution is 6.32. The lowest BCUT2D eigenvalue weighted by molar-refractivity contribution is -0.126. The van der Waals surface area contributed by atoms with Crippen LogP contribution in [0, 0.1) is 18.6 Å². The van der Waals surface area contributed by atoms with Gasteiger partial charge >= 0.3 is 0 Å². The predicted molar refractivity (Wildman–Crippen MR) is 174 cm³/mol.